The first-order valence-corrected chi connectivity index (χ1v) is 12.3. The highest BCUT2D eigenvalue weighted by Gasteiger charge is 2.39. The number of nitrogens with one attached hydrogen (secondary N) is 2. The van der Waals surface area contributed by atoms with Gasteiger partial charge in [-0.2, -0.15) is 0 Å². The number of amides is 3. The van der Waals surface area contributed by atoms with Crippen molar-refractivity contribution in [3.8, 4) is 5.75 Å². The summed E-state index contributed by atoms with van der Waals surface area (Å²) in [6.45, 7) is 3.10. The van der Waals surface area contributed by atoms with Gasteiger partial charge in [-0.15, -0.1) is 0 Å². The van der Waals surface area contributed by atoms with Crippen molar-refractivity contribution < 1.29 is 23.9 Å². The van der Waals surface area contributed by atoms with Crippen molar-refractivity contribution in [2.24, 2.45) is 5.92 Å². The lowest BCUT2D eigenvalue weighted by molar-refractivity contribution is -0.136. The van der Waals surface area contributed by atoms with Crippen LogP contribution in [0.25, 0.3) is 0 Å². The van der Waals surface area contributed by atoms with Crippen LogP contribution in [0.1, 0.15) is 67.3 Å². The molecule has 0 radical (unpaired) electrons. The minimum Gasteiger partial charge on any atom is -0.489 e. The summed E-state index contributed by atoms with van der Waals surface area (Å²) in [6, 6.07) is 5.37. The Morgan fingerprint density at radius 1 is 1.06 bits per heavy atom. The molecule has 8 heteroatoms. The summed E-state index contributed by atoms with van der Waals surface area (Å²) in [4.78, 5) is 38.2. The smallest absolute Gasteiger partial charge is 0.255 e. The van der Waals surface area contributed by atoms with Crippen LogP contribution in [0.4, 0.5) is 0 Å². The third-order valence-corrected chi connectivity index (χ3v) is 7.49. The molecule has 3 aliphatic heterocycles. The van der Waals surface area contributed by atoms with Gasteiger partial charge in [-0.25, -0.2) is 0 Å². The van der Waals surface area contributed by atoms with Gasteiger partial charge in [0.25, 0.3) is 5.91 Å². The second-order valence-corrected chi connectivity index (χ2v) is 9.73. The maximum absolute atomic E-state index is 12.9. The van der Waals surface area contributed by atoms with Crippen LogP contribution in [0.3, 0.4) is 0 Å². The van der Waals surface area contributed by atoms with E-state index >= 15 is 0 Å². The Labute approximate surface area is 194 Å². The molecule has 1 unspecified atom stereocenters. The fourth-order valence-electron chi connectivity index (χ4n) is 5.54. The summed E-state index contributed by atoms with van der Waals surface area (Å²) in [5, 5.41) is 6.11. The molecule has 178 valence electrons. The molecule has 8 nitrogen and oxygen atoms in total. The van der Waals surface area contributed by atoms with Crippen LogP contribution in [0.5, 0.6) is 5.75 Å². The lowest BCUT2D eigenvalue weighted by atomic mass is 9.91. The first-order chi connectivity index (χ1) is 16.1. The van der Waals surface area contributed by atoms with E-state index in [4.69, 9.17) is 9.47 Å². The van der Waals surface area contributed by atoms with Crippen LogP contribution in [0.2, 0.25) is 0 Å². The van der Waals surface area contributed by atoms with Gasteiger partial charge in [0.05, 0.1) is 0 Å². The van der Waals surface area contributed by atoms with Crippen LogP contribution in [0.15, 0.2) is 18.2 Å². The lowest BCUT2D eigenvalue weighted by Gasteiger charge is -2.34. The predicted octanol–water partition coefficient (Wildman–Crippen LogP) is 2.15. The summed E-state index contributed by atoms with van der Waals surface area (Å²) in [5.74, 6) is 0.634. The Morgan fingerprint density at radius 2 is 1.88 bits per heavy atom. The fraction of sp³-hybridized carbons (Fsp3) is 0.640. The van der Waals surface area contributed by atoms with Crippen LogP contribution in [-0.2, 0) is 20.9 Å². The molecule has 3 amide bonds. The molecule has 4 aliphatic rings. The standard InChI is InChI=1S/C25H33N3O5/c29-23-8-7-21(24(30)27-23)28-15-17-13-18(5-6-19(17)25(28)31)33-22-4-2-1-3-20(22)26-14-16-9-11-32-12-10-16/h5-6,13,16,20-22,26H,1-4,7-12,14-15H2,(H,27,29,30)/t20-,21?,22-/m0/s1. The number of rotatable bonds is 6. The summed E-state index contributed by atoms with van der Waals surface area (Å²) in [5.41, 5.74) is 1.50. The van der Waals surface area contributed by atoms with Crippen molar-refractivity contribution in [1.29, 1.82) is 0 Å². The molecule has 0 aromatic heterocycles. The Balaban J connectivity index is 1.22. The van der Waals surface area contributed by atoms with E-state index in [2.05, 4.69) is 10.6 Å². The Hall–Kier alpha value is -2.45. The first-order valence-electron chi connectivity index (χ1n) is 12.3. The average Bonchev–Trinajstić information content (AvgIpc) is 3.14. The number of nitrogens with zero attached hydrogens (tertiary/aromatic N) is 1. The van der Waals surface area contributed by atoms with E-state index in [1.54, 1.807) is 4.90 Å². The van der Waals surface area contributed by atoms with Crippen molar-refractivity contribution in [2.45, 2.75) is 76.1 Å². The lowest BCUT2D eigenvalue weighted by Crippen LogP contribution is -2.52. The van der Waals surface area contributed by atoms with Crippen LogP contribution < -0.4 is 15.4 Å². The molecular formula is C25H33N3O5. The molecule has 33 heavy (non-hydrogen) atoms. The number of carbonyl (C=O) groups excluding carboxylic acids is 3. The van der Waals surface area contributed by atoms with Gasteiger partial charge in [0.15, 0.2) is 0 Å². The molecule has 1 aromatic carbocycles. The molecule has 3 fully saturated rings. The number of piperidine rings is 1. The minimum absolute atomic E-state index is 0.111. The number of carbonyl (C=O) groups is 3. The van der Waals surface area contributed by atoms with Gasteiger partial charge in [-0.05, 0) is 74.8 Å². The van der Waals surface area contributed by atoms with Crippen molar-refractivity contribution in [2.75, 3.05) is 19.8 Å². The molecule has 1 saturated carbocycles. The zero-order valence-corrected chi connectivity index (χ0v) is 19.0. The quantitative estimate of drug-likeness (QED) is 0.638. The number of imide groups is 1. The number of fused-ring (bicyclic) bond motifs is 1. The van der Waals surface area contributed by atoms with Gasteiger partial charge in [0, 0.05) is 37.8 Å². The summed E-state index contributed by atoms with van der Waals surface area (Å²) in [6.07, 6.45) is 7.48. The Morgan fingerprint density at radius 3 is 2.70 bits per heavy atom. The molecule has 3 atom stereocenters. The summed E-state index contributed by atoms with van der Waals surface area (Å²) in [7, 11) is 0. The normalized spacial score (nSPS) is 28.5. The zero-order valence-electron chi connectivity index (χ0n) is 19.0. The highest BCUT2D eigenvalue weighted by molar-refractivity contribution is 6.05. The average molecular weight is 456 g/mol. The van der Waals surface area contributed by atoms with Crippen molar-refractivity contribution in [3.05, 3.63) is 29.3 Å². The maximum Gasteiger partial charge on any atom is 0.255 e. The first kappa shape index (κ1) is 22.3. The van der Waals surface area contributed by atoms with Crippen molar-refractivity contribution in [3.63, 3.8) is 0 Å². The number of hydrogen-bond donors (Lipinski definition) is 2. The predicted molar refractivity (Wildman–Crippen MR) is 121 cm³/mol. The molecule has 2 N–H and O–H groups in total. The third-order valence-electron chi connectivity index (χ3n) is 7.49. The molecule has 1 aliphatic carbocycles. The van der Waals surface area contributed by atoms with Crippen LogP contribution >= 0.6 is 0 Å². The van der Waals surface area contributed by atoms with Gasteiger partial charge in [-0.3, -0.25) is 19.7 Å². The fourth-order valence-corrected chi connectivity index (χ4v) is 5.54. The van der Waals surface area contributed by atoms with Crippen LogP contribution in [-0.4, -0.2) is 60.6 Å². The number of ether oxygens (including phenoxy) is 2. The highest BCUT2D eigenvalue weighted by Crippen LogP contribution is 2.32. The van der Waals surface area contributed by atoms with Gasteiger partial charge in [0.2, 0.25) is 11.8 Å². The topological polar surface area (TPSA) is 97.0 Å². The van der Waals surface area contributed by atoms with E-state index in [-0.39, 0.29) is 30.2 Å². The monoisotopic (exact) mass is 455 g/mol. The maximum atomic E-state index is 12.9. The molecule has 0 bridgehead atoms. The summed E-state index contributed by atoms with van der Waals surface area (Å²) >= 11 is 0. The van der Waals surface area contributed by atoms with Gasteiger partial charge < -0.3 is 19.7 Å². The molecule has 1 aromatic rings. The Bertz CT molecular complexity index is 913. The zero-order chi connectivity index (χ0) is 22.8. The second kappa shape index (κ2) is 9.81. The molecule has 3 heterocycles. The van der Waals surface area contributed by atoms with E-state index in [0.717, 1.165) is 63.2 Å². The van der Waals surface area contributed by atoms with Crippen molar-refractivity contribution >= 4 is 17.7 Å². The number of benzene rings is 1. The van der Waals surface area contributed by atoms with Gasteiger partial charge in [-0.1, -0.05) is 6.42 Å². The van der Waals surface area contributed by atoms with E-state index < -0.39 is 6.04 Å². The number of hydrogen-bond acceptors (Lipinski definition) is 6. The van der Waals surface area contributed by atoms with E-state index in [9.17, 15) is 14.4 Å². The minimum atomic E-state index is -0.593. The molecule has 0 spiro atoms. The van der Waals surface area contributed by atoms with Crippen LogP contribution in [0, 0.1) is 5.92 Å². The van der Waals surface area contributed by atoms with Gasteiger partial charge in [0.1, 0.15) is 17.9 Å². The molecular weight excluding hydrogens is 422 g/mol. The highest BCUT2D eigenvalue weighted by atomic mass is 16.5. The molecule has 5 rings (SSSR count). The molecule has 2 saturated heterocycles. The van der Waals surface area contributed by atoms with E-state index in [1.165, 1.54) is 6.42 Å². The third kappa shape index (κ3) is 4.92. The van der Waals surface area contributed by atoms with E-state index in [0.29, 0.717) is 30.5 Å². The SMILES string of the molecule is O=C1CCC(N2Cc3cc(O[C@H]4CCCC[C@@H]4NCC4CCOCC4)ccc3C2=O)C(=O)N1. The largest absolute Gasteiger partial charge is 0.489 e. The second-order valence-electron chi connectivity index (χ2n) is 9.73. The Kier molecular flexibility index (Phi) is 6.64. The summed E-state index contributed by atoms with van der Waals surface area (Å²) < 4.78 is 11.9. The van der Waals surface area contributed by atoms with Crippen molar-refractivity contribution in [1.82, 2.24) is 15.5 Å². The van der Waals surface area contributed by atoms with E-state index in [1.807, 2.05) is 18.2 Å². The van der Waals surface area contributed by atoms with Gasteiger partial charge >= 0.3 is 0 Å².